The molecule has 0 radical (unpaired) electrons. The summed E-state index contributed by atoms with van der Waals surface area (Å²) in [5, 5.41) is 3.07. The summed E-state index contributed by atoms with van der Waals surface area (Å²) in [6, 6.07) is 16.4. The first-order chi connectivity index (χ1) is 11.7. The van der Waals surface area contributed by atoms with Crippen LogP contribution in [0.2, 0.25) is 0 Å². The number of aromatic nitrogens is 2. The van der Waals surface area contributed by atoms with Crippen LogP contribution >= 0.6 is 0 Å². The van der Waals surface area contributed by atoms with Gasteiger partial charge in [-0.3, -0.25) is 4.79 Å². The summed E-state index contributed by atoms with van der Waals surface area (Å²) in [7, 11) is 3.52. The smallest absolute Gasteiger partial charge is 0.252 e. The fraction of sp³-hybridized carbons (Fsp3) is 0.158. The number of amides is 1. The second-order valence-corrected chi connectivity index (χ2v) is 5.41. The molecule has 3 aromatic rings. The molecule has 24 heavy (non-hydrogen) atoms. The number of ether oxygens (including phenoxy) is 1. The van der Waals surface area contributed by atoms with Crippen LogP contribution in [0.4, 0.5) is 0 Å². The first kappa shape index (κ1) is 15.8. The first-order valence-electron chi connectivity index (χ1n) is 7.66. The van der Waals surface area contributed by atoms with E-state index in [-0.39, 0.29) is 5.91 Å². The van der Waals surface area contributed by atoms with Crippen molar-refractivity contribution in [3.05, 3.63) is 83.9 Å². The zero-order chi connectivity index (χ0) is 16.9. The summed E-state index contributed by atoms with van der Waals surface area (Å²) >= 11 is 0. The Morgan fingerprint density at radius 1 is 1.12 bits per heavy atom. The van der Waals surface area contributed by atoms with Gasteiger partial charge < -0.3 is 14.6 Å². The van der Waals surface area contributed by atoms with E-state index in [9.17, 15) is 4.79 Å². The number of aryl methyl sites for hydroxylation is 1. The summed E-state index contributed by atoms with van der Waals surface area (Å²) in [5.41, 5.74) is 1.46. The molecular weight excluding hydrogens is 302 g/mol. The molecule has 0 fully saturated rings. The van der Waals surface area contributed by atoms with Crippen molar-refractivity contribution in [2.45, 2.75) is 6.04 Å². The number of rotatable bonds is 5. The number of methoxy groups -OCH3 is 1. The van der Waals surface area contributed by atoms with Crippen molar-refractivity contribution in [3.63, 3.8) is 0 Å². The molecule has 5 heteroatoms. The van der Waals surface area contributed by atoms with Gasteiger partial charge in [0.05, 0.1) is 7.11 Å². The lowest BCUT2D eigenvalue weighted by Crippen LogP contribution is -2.31. The lowest BCUT2D eigenvalue weighted by atomic mass is 10.0. The van der Waals surface area contributed by atoms with Gasteiger partial charge in [-0.05, 0) is 18.2 Å². The second kappa shape index (κ2) is 7.00. The highest BCUT2D eigenvalue weighted by Crippen LogP contribution is 2.29. The Labute approximate surface area is 140 Å². The van der Waals surface area contributed by atoms with Gasteiger partial charge in [-0.15, -0.1) is 0 Å². The third-order valence-electron chi connectivity index (χ3n) is 3.88. The van der Waals surface area contributed by atoms with Gasteiger partial charge in [0, 0.05) is 30.6 Å². The molecule has 1 heterocycles. The van der Waals surface area contributed by atoms with Crippen LogP contribution in [-0.4, -0.2) is 22.6 Å². The predicted molar refractivity (Wildman–Crippen MR) is 92.0 cm³/mol. The largest absolute Gasteiger partial charge is 0.496 e. The molecule has 3 rings (SSSR count). The number of benzene rings is 2. The molecule has 1 N–H and O–H groups in total. The Kier molecular flexibility index (Phi) is 4.61. The molecule has 0 bridgehead atoms. The van der Waals surface area contributed by atoms with Gasteiger partial charge >= 0.3 is 0 Å². The van der Waals surface area contributed by atoms with Crippen molar-refractivity contribution in [1.29, 1.82) is 0 Å². The van der Waals surface area contributed by atoms with Gasteiger partial charge in [0.15, 0.2) is 0 Å². The number of imidazole rings is 1. The highest BCUT2D eigenvalue weighted by atomic mass is 16.5. The standard InChI is InChI=1S/C19H19N3O2/c1-22-13-12-20-18(22)17(15-10-6-7-11-16(15)24-2)21-19(23)14-8-4-3-5-9-14/h3-13,17H,1-2H3,(H,21,23)/t17-/m0/s1. The molecule has 0 saturated heterocycles. The number of nitrogens with zero attached hydrogens (tertiary/aromatic N) is 2. The van der Waals surface area contributed by atoms with Crippen LogP contribution < -0.4 is 10.1 Å². The summed E-state index contributed by atoms with van der Waals surface area (Å²) in [4.78, 5) is 17.1. The molecule has 0 aliphatic carbocycles. The summed E-state index contributed by atoms with van der Waals surface area (Å²) in [6.45, 7) is 0. The molecule has 0 aliphatic heterocycles. The zero-order valence-electron chi connectivity index (χ0n) is 13.6. The van der Waals surface area contributed by atoms with E-state index in [1.54, 1.807) is 25.4 Å². The van der Waals surface area contributed by atoms with Gasteiger partial charge in [-0.1, -0.05) is 36.4 Å². The number of carbonyl (C=O) groups excluding carboxylic acids is 1. The molecule has 0 spiro atoms. The number of para-hydroxylation sites is 1. The summed E-state index contributed by atoms with van der Waals surface area (Å²) < 4.78 is 7.35. The monoisotopic (exact) mass is 321 g/mol. The lowest BCUT2D eigenvalue weighted by Gasteiger charge is -2.21. The third-order valence-corrected chi connectivity index (χ3v) is 3.88. The fourth-order valence-electron chi connectivity index (χ4n) is 2.65. The van der Waals surface area contributed by atoms with Crippen LogP contribution in [0.1, 0.15) is 27.8 Å². The van der Waals surface area contributed by atoms with Crippen molar-refractivity contribution in [3.8, 4) is 5.75 Å². The Hall–Kier alpha value is -3.08. The highest BCUT2D eigenvalue weighted by molar-refractivity contribution is 5.94. The normalized spacial score (nSPS) is 11.8. The molecule has 122 valence electrons. The lowest BCUT2D eigenvalue weighted by molar-refractivity contribution is 0.0941. The summed E-state index contributed by atoms with van der Waals surface area (Å²) in [5.74, 6) is 1.29. The minimum Gasteiger partial charge on any atom is -0.496 e. The third kappa shape index (κ3) is 3.15. The molecule has 0 saturated carbocycles. The molecule has 0 aliphatic rings. The van der Waals surface area contributed by atoms with E-state index >= 15 is 0 Å². The SMILES string of the molecule is COc1ccccc1[C@H](NC(=O)c1ccccc1)c1nccn1C. The van der Waals surface area contributed by atoms with Crippen molar-refractivity contribution in [1.82, 2.24) is 14.9 Å². The average molecular weight is 321 g/mol. The van der Waals surface area contributed by atoms with Crippen molar-refractivity contribution < 1.29 is 9.53 Å². The molecule has 5 nitrogen and oxygen atoms in total. The maximum Gasteiger partial charge on any atom is 0.252 e. The molecule has 2 aromatic carbocycles. The van der Waals surface area contributed by atoms with Crippen LogP contribution in [0.25, 0.3) is 0 Å². The van der Waals surface area contributed by atoms with E-state index in [2.05, 4.69) is 10.3 Å². The highest BCUT2D eigenvalue weighted by Gasteiger charge is 2.24. The van der Waals surface area contributed by atoms with Gasteiger partial charge in [0.1, 0.15) is 17.6 Å². The van der Waals surface area contributed by atoms with E-state index in [0.29, 0.717) is 11.3 Å². The van der Waals surface area contributed by atoms with E-state index in [0.717, 1.165) is 11.4 Å². The Bertz CT molecular complexity index is 827. The van der Waals surface area contributed by atoms with Crippen molar-refractivity contribution >= 4 is 5.91 Å². The second-order valence-electron chi connectivity index (χ2n) is 5.41. The Morgan fingerprint density at radius 2 is 1.83 bits per heavy atom. The molecule has 0 unspecified atom stereocenters. The fourth-order valence-corrected chi connectivity index (χ4v) is 2.65. The zero-order valence-corrected chi connectivity index (χ0v) is 13.6. The van der Waals surface area contributed by atoms with Crippen LogP contribution in [0.5, 0.6) is 5.75 Å². The maximum absolute atomic E-state index is 12.6. The van der Waals surface area contributed by atoms with Gasteiger partial charge in [-0.25, -0.2) is 4.98 Å². The van der Waals surface area contributed by atoms with E-state index in [1.165, 1.54) is 0 Å². The predicted octanol–water partition coefficient (Wildman–Crippen LogP) is 2.95. The van der Waals surface area contributed by atoms with Crippen molar-refractivity contribution in [2.75, 3.05) is 7.11 Å². The number of carbonyl (C=O) groups is 1. The minimum atomic E-state index is -0.408. The minimum absolute atomic E-state index is 0.158. The average Bonchev–Trinajstić information content (AvgIpc) is 3.06. The van der Waals surface area contributed by atoms with Crippen LogP contribution in [0.15, 0.2) is 67.0 Å². The van der Waals surface area contributed by atoms with E-state index < -0.39 is 6.04 Å². The Morgan fingerprint density at radius 3 is 2.50 bits per heavy atom. The van der Waals surface area contributed by atoms with Gasteiger partial charge in [0.2, 0.25) is 0 Å². The quantitative estimate of drug-likeness (QED) is 0.786. The number of nitrogens with one attached hydrogen (secondary N) is 1. The molecular formula is C19H19N3O2. The van der Waals surface area contributed by atoms with Crippen molar-refractivity contribution in [2.24, 2.45) is 7.05 Å². The van der Waals surface area contributed by atoms with E-state index in [4.69, 9.17) is 4.74 Å². The number of hydrogen-bond donors (Lipinski definition) is 1. The maximum atomic E-state index is 12.6. The Balaban J connectivity index is 2.00. The van der Waals surface area contributed by atoms with Crippen LogP contribution in [0, 0.1) is 0 Å². The molecule has 1 aromatic heterocycles. The van der Waals surface area contributed by atoms with Crippen LogP contribution in [-0.2, 0) is 7.05 Å². The van der Waals surface area contributed by atoms with Gasteiger partial charge in [0.25, 0.3) is 5.91 Å². The molecule has 1 atom stereocenters. The van der Waals surface area contributed by atoms with E-state index in [1.807, 2.05) is 60.3 Å². The van der Waals surface area contributed by atoms with Gasteiger partial charge in [-0.2, -0.15) is 0 Å². The number of hydrogen-bond acceptors (Lipinski definition) is 3. The molecule has 1 amide bonds. The first-order valence-corrected chi connectivity index (χ1v) is 7.66. The van der Waals surface area contributed by atoms with Crippen LogP contribution in [0.3, 0.4) is 0 Å². The summed E-state index contributed by atoms with van der Waals surface area (Å²) in [6.07, 6.45) is 3.57. The topological polar surface area (TPSA) is 56.1 Å².